The van der Waals surface area contributed by atoms with E-state index in [1.54, 1.807) is 0 Å². The molecule has 1 N–H and O–H groups in total. The molecule has 3 aromatic rings. The first-order valence-electron chi connectivity index (χ1n) is 6.83. The van der Waals surface area contributed by atoms with Crippen LogP contribution in [0.3, 0.4) is 0 Å². The highest BCUT2D eigenvalue weighted by atomic mass is 19.2. The highest BCUT2D eigenvalue weighted by Crippen LogP contribution is 2.28. The summed E-state index contributed by atoms with van der Waals surface area (Å²) in [5.74, 6) is -4.19. The van der Waals surface area contributed by atoms with Gasteiger partial charge in [-0.15, -0.1) is 5.10 Å². The number of hydrogen-bond acceptors (Lipinski definition) is 3. The Labute approximate surface area is 129 Å². The molecule has 0 saturated carbocycles. The molecule has 0 saturated heterocycles. The van der Waals surface area contributed by atoms with E-state index in [1.807, 2.05) is 30.3 Å². The summed E-state index contributed by atoms with van der Waals surface area (Å²) < 4.78 is 42.1. The van der Waals surface area contributed by atoms with Crippen LogP contribution in [0.25, 0.3) is 11.3 Å². The summed E-state index contributed by atoms with van der Waals surface area (Å²) in [5.41, 5.74) is 0.874. The molecule has 2 aromatic carbocycles. The van der Waals surface area contributed by atoms with Gasteiger partial charge in [-0.1, -0.05) is 35.5 Å². The van der Waals surface area contributed by atoms with E-state index in [0.717, 1.165) is 17.7 Å². The van der Waals surface area contributed by atoms with Gasteiger partial charge in [0.15, 0.2) is 17.5 Å². The Morgan fingerprint density at radius 3 is 2.39 bits per heavy atom. The molecule has 0 aliphatic heterocycles. The lowest BCUT2D eigenvalue weighted by Crippen LogP contribution is -2.06. The highest BCUT2D eigenvalue weighted by Gasteiger charge is 2.22. The van der Waals surface area contributed by atoms with Crippen molar-refractivity contribution in [2.24, 2.45) is 0 Å². The van der Waals surface area contributed by atoms with E-state index in [-0.39, 0.29) is 23.5 Å². The summed E-state index contributed by atoms with van der Waals surface area (Å²) in [7, 11) is 0. The minimum absolute atomic E-state index is 0.0887. The Bertz CT molecular complexity index is 834. The molecule has 0 aliphatic carbocycles. The molecule has 0 spiro atoms. The Kier molecular flexibility index (Phi) is 4.12. The Hall–Kier alpha value is -2.67. The van der Waals surface area contributed by atoms with E-state index in [1.165, 1.54) is 4.68 Å². The van der Waals surface area contributed by atoms with Gasteiger partial charge >= 0.3 is 0 Å². The molecule has 0 unspecified atom stereocenters. The third-order valence-corrected chi connectivity index (χ3v) is 3.42. The summed E-state index contributed by atoms with van der Waals surface area (Å²) in [6.45, 7) is -0.246. The van der Waals surface area contributed by atoms with Crippen LogP contribution >= 0.6 is 0 Å². The standard InChI is InChI=1S/C16H12F3N3O/c17-12-7-6-11(14(18)15(12)19)16-13(9-23)20-21-22(16)8-10-4-2-1-3-5-10/h1-7,23H,8-9H2. The van der Waals surface area contributed by atoms with Crippen LogP contribution in [-0.2, 0) is 13.2 Å². The maximum atomic E-state index is 14.1. The second kappa shape index (κ2) is 6.21. The normalized spacial score (nSPS) is 11.0. The lowest BCUT2D eigenvalue weighted by Gasteiger charge is -2.09. The molecular formula is C16H12F3N3O. The number of aliphatic hydroxyl groups excluding tert-OH is 1. The quantitative estimate of drug-likeness (QED) is 0.752. The first-order valence-corrected chi connectivity index (χ1v) is 6.83. The fraction of sp³-hybridized carbons (Fsp3) is 0.125. The van der Waals surface area contributed by atoms with Gasteiger partial charge in [-0.25, -0.2) is 17.9 Å². The maximum absolute atomic E-state index is 14.1. The first kappa shape index (κ1) is 15.2. The fourth-order valence-corrected chi connectivity index (χ4v) is 2.33. The van der Waals surface area contributed by atoms with Crippen molar-refractivity contribution in [1.29, 1.82) is 0 Å². The zero-order valence-electron chi connectivity index (χ0n) is 11.9. The topological polar surface area (TPSA) is 50.9 Å². The molecule has 0 radical (unpaired) electrons. The van der Waals surface area contributed by atoms with Crippen molar-refractivity contribution in [1.82, 2.24) is 15.0 Å². The lowest BCUT2D eigenvalue weighted by molar-refractivity contribution is 0.277. The van der Waals surface area contributed by atoms with Crippen LogP contribution in [0.2, 0.25) is 0 Å². The van der Waals surface area contributed by atoms with E-state index >= 15 is 0 Å². The van der Waals surface area contributed by atoms with Gasteiger partial charge < -0.3 is 5.11 Å². The summed E-state index contributed by atoms with van der Waals surface area (Å²) in [6, 6.07) is 11.1. The molecule has 118 valence electrons. The SMILES string of the molecule is OCc1nnn(Cc2ccccc2)c1-c1ccc(F)c(F)c1F. The van der Waals surface area contributed by atoms with Crippen molar-refractivity contribution in [2.45, 2.75) is 13.2 Å². The average molecular weight is 319 g/mol. The summed E-state index contributed by atoms with van der Waals surface area (Å²) in [5, 5.41) is 17.0. The number of benzene rings is 2. The third-order valence-electron chi connectivity index (χ3n) is 3.42. The highest BCUT2D eigenvalue weighted by molar-refractivity contribution is 5.63. The van der Waals surface area contributed by atoms with Crippen LogP contribution in [0.1, 0.15) is 11.3 Å². The zero-order chi connectivity index (χ0) is 16.4. The molecule has 0 fully saturated rings. The van der Waals surface area contributed by atoms with Gasteiger partial charge in [0.05, 0.1) is 18.8 Å². The molecule has 23 heavy (non-hydrogen) atoms. The van der Waals surface area contributed by atoms with E-state index in [0.29, 0.717) is 0 Å². The van der Waals surface area contributed by atoms with Crippen molar-refractivity contribution in [3.63, 3.8) is 0 Å². The molecule has 0 amide bonds. The van der Waals surface area contributed by atoms with E-state index in [2.05, 4.69) is 10.3 Å². The van der Waals surface area contributed by atoms with Crippen molar-refractivity contribution < 1.29 is 18.3 Å². The van der Waals surface area contributed by atoms with Gasteiger partial charge in [0, 0.05) is 5.56 Å². The van der Waals surface area contributed by atoms with E-state index in [9.17, 15) is 18.3 Å². The molecular weight excluding hydrogens is 307 g/mol. The molecule has 7 heteroatoms. The minimum atomic E-state index is -1.57. The second-order valence-electron chi connectivity index (χ2n) is 4.91. The first-order chi connectivity index (χ1) is 11.1. The summed E-state index contributed by atoms with van der Waals surface area (Å²) >= 11 is 0. The predicted molar refractivity (Wildman–Crippen MR) is 76.8 cm³/mol. The maximum Gasteiger partial charge on any atom is 0.195 e. The number of halogens is 3. The molecule has 4 nitrogen and oxygen atoms in total. The van der Waals surface area contributed by atoms with Crippen molar-refractivity contribution in [3.8, 4) is 11.3 Å². The summed E-state index contributed by atoms with van der Waals surface area (Å²) in [4.78, 5) is 0. The van der Waals surface area contributed by atoms with Crippen molar-refractivity contribution >= 4 is 0 Å². The predicted octanol–water partition coefficient (Wildman–Crippen LogP) is 2.90. The van der Waals surface area contributed by atoms with Crippen LogP contribution < -0.4 is 0 Å². The molecule has 0 aliphatic rings. The average Bonchev–Trinajstić information content (AvgIpc) is 2.96. The van der Waals surface area contributed by atoms with E-state index in [4.69, 9.17) is 0 Å². The van der Waals surface area contributed by atoms with Gasteiger partial charge in [-0.05, 0) is 17.7 Å². The number of hydrogen-bond donors (Lipinski definition) is 1. The van der Waals surface area contributed by atoms with Crippen molar-refractivity contribution in [2.75, 3.05) is 0 Å². The molecule has 1 heterocycles. The van der Waals surface area contributed by atoms with Gasteiger partial charge in [0.1, 0.15) is 5.69 Å². The lowest BCUT2D eigenvalue weighted by atomic mass is 10.1. The van der Waals surface area contributed by atoms with Crippen molar-refractivity contribution in [3.05, 3.63) is 71.2 Å². The van der Waals surface area contributed by atoms with Crippen LogP contribution in [0.5, 0.6) is 0 Å². The third kappa shape index (κ3) is 2.83. The zero-order valence-corrected chi connectivity index (χ0v) is 11.9. The molecule has 0 atom stereocenters. The Morgan fingerprint density at radius 1 is 0.957 bits per heavy atom. The smallest absolute Gasteiger partial charge is 0.195 e. The molecule has 0 bridgehead atoms. The van der Waals surface area contributed by atoms with Crippen LogP contribution in [0, 0.1) is 17.5 Å². The fourth-order valence-electron chi connectivity index (χ4n) is 2.33. The number of nitrogens with zero attached hydrogens (tertiary/aromatic N) is 3. The second-order valence-corrected chi connectivity index (χ2v) is 4.91. The number of aliphatic hydroxyl groups is 1. The van der Waals surface area contributed by atoms with Crippen LogP contribution in [-0.4, -0.2) is 20.1 Å². The largest absolute Gasteiger partial charge is 0.390 e. The minimum Gasteiger partial charge on any atom is -0.390 e. The monoisotopic (exact) mass is 319 g/mol. The van der Waals surface area contributed by atoms with Gasteiger partial charge in [-0.2, -0.15) is 0 Å². The van der Waals surface area contributed by atoms with Crippen LogP contribution in [0.4, 0.5) is 13.2 Å². The van der Waals surface area contributed by atoms with E-state index < -0.39 is 24.1 Å². The molecule has 3 rings (SSSR count). The number of rotatable bonds is 4. The summed E-state index contributed by atoms with van der Waals surface area (Å²) in [6.07, 6.45) is 0. The van der Waals surface area contributed by atoms with Crippen LogP contribution in [0.15, 0.2) is 42.5 Å². The van der Waals surface area contributed by atoms with Gasteiger partial charge in [-0.3, -0.25) is 0 Å². The van der Waals surface area contributed by atoms with Gasteiger partial charge in [0.25, 0.3) is 0 Å². The Morgan fingerprint density at radius 2 is 1.70 bits per heavy atom. The Balaban J connectivity index is 2.11. The molecule has 1 aromatic heterocycles. The number of aromatic nitrogens is 3. The van der Waals surface area contributed by atoms with Gasteiger partial charge in [0.2, 0.25) is 0 Å².